The first-order chi connectivity index (χ1) is 15.6. The summed E-state index contributed by atoms with van der Waals surface area (Å²) < 4.78 is 37.7. The quantitative estimate of drug-likeness (QED) is 0.369. The third kappa shape index (κ3) is 6.44. The van der Waals surface area contributed by atoms with E-state index in [0.717, 1.165) is 12.1 Å². The summed E-state index contributed by atoms with van der Waals surface area (Å²) in [6.45, 7) is 0.102. The normalized spacial score (nSPS) is 11.5. The largest absolute Gasteiger partial charge is 0.490 e. The van der Waals surface area contributed by atoms with E-state index in [1.54, 1.807) is 43.0 Å². The number of hydrogen-bond donors (Lipinski definition) is 2. The van der Waals surface area contributed by atoms with E-state index in [1.807, 2.05) is 24.4 Å². The summed E-state index contributed by atoms with van der Waals surface area (Å²) in [7, 11) is 1.65. The van der Waals surface area contributed by atoms with Gasteiger partial charge in [-0.25, -0.2) is 4.68 Å². The van der Waals surface area contributed by atoms with Gasteiger partial charge < -0.3 is 20.1 Å². The second kappa shape index (κ2) is 11.7. The Kier molecular flexibility index (Phi) is 8.42. The Morgan fingerprint density at radius 1 is 1.12 bits per heavy atom. The molecule has 32 heavy (non-hydrogen) atoms. The van der Waals surface area contributed by atoms with Crippen LogP contribution in [0.5, 0.6) is 11.5 Å². The number of ether oxygens (including phenoxy) is 2. The molecule has 0 aliphatic carbocycles. The molecule has 0 aliphatic heterocycles. The molecule has 1 heterocycles. The van der Waals surface area contributed by atoms with E-state index >= 15 is 0 Å². The first kappa shape index (κ1) is 23.1. The van der Waals surface area contributed by atoms with Gasteiger partial charge in [-0.2, -0.15) is 13.9 Å². The lowest BCUT2D eigenvalue weighted by Gasteiger charge is -2.17. The predicted molar refractivity (Wildman–Crippen MR) is 120 cm³/mol. The molecule has 0 amide bonds. The third-order valence-corrected chi connectivity index (χ3v) is 4.65. The number of aliphatic imine (C=N–C) groups is 1. The van der Waals surface area contributed by atoms with Gasteiger partial charge in [0, 0.05) is 38.1 Å². The van der Waals surface area contributed by atoms with Gasteiger partial charge in [0.2, 0.25) is 0 Å². The van der Waals surface area contributed by atoms with Gasteiger partial charge in [0.15, 0.2) is 17.5 Å². The van der Waals surface area contributed by atoms with Crippen molar-refractivity contribution in [3.05, 3.63) is 72.1 Å². The van der Waals surface area contributed by atoms with Crippen molar-refractivity contribution in [2.24, 2.45) is 4.99 Å². The first-order valence-corrected chi connectivity index (χ1v) is 10.3. The maximum absolute atomic E-state index is 12.9. The van der Waals surface area contributed by atoms with E-state index in [0.29, 0.717) is 24.7 Å². The molecule has 0 spiro atoms. The van der Waals surface area contributed by atoms with Gasteiger partial charge >= 0.3 is 6.61 Å². The molecular weight excluding hydrogens is 416 g/mol. The summed E-state index contributed by atoms with van der Waals surface area (Å²) in [5.41, 5.74) is 2.72. The van der Waals surface area contributed by atoms with E-state index in [4.69, 9.17) is 9.47 Å². The van der Waals surface area contributed by atoms with Crippen LogP contribution in [0.3, 0.4) is 0 Å². The number of nitrogens with zero attached hydrogens (tertiary/aromatic N) is 3. The zero-order valence-electron chi connectivity index (χ0n) is 18.1. The number of rotatable bonds is 10. The molecule has 3 aromatic rings. The molecule has 0 bridgehead atoms. The fraction of sp³-hybridized carbons (Fsp3) is 0.304. The minimum atomic E-state index is -2.94. The minimum Gasteiger partial charge on any atom is -0.490 e. The summed E-state index contributed by atoms with van der Waals surface area (Å²) >= 11 is 0. The molecule has 2 N–H and O–H groups in total. The summed E-state index contributed by atoms with van der Waals surface area (Å²) in [4.78, 5) is 4.19. The Labute approximate surface area is 186 Å². The maximum Gasteiger partial charge on any atom is 0.387 e. The molecule has 0 radical (unpaired) electrons. The fourth-order valence-corrected chi connectivity index (χ4v) is 3.15. The van der Waals surface area contributed by atoms with Crippen molar-refractivity contribution in [2.45, 2.75) is 26.5 Å². The van der Waals surface area contributed by atoms with Crippen LogP contribution in [0, 0.1) is 0 Å². The second-order valence-corrected chi connectivity index (χ2v) is 6.78. The van der Waals surface area contributed by atoms with E-state index < -0.39 is 6.61 Å². The Morgan fingerprint density at radius 3 is 2.59 bits per heavy atom. The third-order valence-electron chi connectivity index (χ3n) is 4.65. The topological polar surface area (TPSA) is 72.7 Å². The lowest BCUT2D eigenvalue weighted by atomic mass is 10.1. The molecule has 7 nitrogen and oxygen atoms in total. The van der Waals surface area contributed by atoms with Crippen LogP contribution in [0.25, 0.3) is 5.69 Å². The zero-order valence-corrected chi connectivity index (χ0v) is 18.1. The van der Waals surface area contributed by atoms with Crippen molar-refractivity contribution in [3.8, 4) is 17.2 Å². The molecule has 0 unspecified atom stereocenters. The monoisotopic (exact) mass is 443 g/mol. The number of halogens is 2. The number of hydrogen-bond acceptors (Lipinski definition) is 4. The van der Waals surface area contributed by atoms with Gasteiger partial charge in [0.1, 0.15) is 0 Å². The predicted octanol–water partition coefficient (Wildman–Crippen LogP) is 3.78. The van der Waals surface area contributed by atoms with Crippen LogP contribution in [0.15, 0.2) is 65.9 Å². The van der Waals surface area contributed by atoms with Crippen LogP contribution in [-0.4, -0.2) is 42.6 Å². The smallest absolute Gasteiger partial charge is 0.387 e. The molecule has 9 heteroatoms. The van der Waals surface area contributed by atoms with Gasteiger partial charge in [-0.05, 0) is 43.2 Å². The van der Waals surface area contributed by atoms with Gasteiger partial charge in [-0.1, -0.05) is 24.3 Å². The number of benzene rings is 2. The van der Waals surface area contributed by atoms with Crippen LogP contribution >= 0.6 is 0 Å². The highest BCUT2D eigenvalue weighted by atomic mass is 19.3. The van der Waals surface area contributed by atoms with Crippen molar-refractivity contribution < 1.29 is 18.3 Å². The fourth-order valence-electron chi connectivity index (χ4n) is 3.15. The number of aromatic nitrogens is 2. The van der Waals surface area contributed by atoms with Gasteiger partial charge in [0.25, 0.3) is 0 Å². The molecule has 2 aromatic carbocycles. The summed E-state index contributed by atoms with van der Waals surface area (Å²) in [6, 6.07) is 15.1. The van der Waals surface area contributed by atoms with E-state index in [-0.39, 0.29) is 18.0 Å². The van der Waals surface area contributed by atoms with Crippen LogP contribution in [0.4, 0.5) is 8.78 Å². The lowest BCUT2D eigenvalue weighted by Crippen LogP contribution is -2.38. The highest BCUT2D eigenvalue weighted by Gasteiger charge is 2.16. The molecular formula is C23H27F2N5O2. The molecule has 0 saturated heterocycles. The Bertz CT molecular complexity index is 992. The molecule has 0 fully saturated rings. The van der Waals surface area contributed by atoms with Crippen LogP contribution in [-0.2, 0) is 13.0 Å². The van der Waals surface area contributed by atoms with E-state index in [2.05, 4.69) is 32.9 Å². The molecule has 1 aromatic heterocycles. The number of para-hydroxylation sites is 1. The molecule has 3 rings (SSSR count). The summed E-state index contributed by atoms with van der Waals surface area (Å²) in [5, 5.41) is 10.6. The van der Waals surface area contributed by atoms with Crippen molar-refractivity contribution >= 4 is 5.96 Å². The first-order valence-electron chi connectivity index (χ1n) is 10.3. The average molecular weight is 443 g/mol. The number of guanidine groups is 1. The SMILES string of the molecule is CCOc1cccc(CNC(=NC)NCCc2ccc(-n3cccn3)cc2)c1OC(F)F. The van der Waals surface area contributed by atoms with Crippen LogP contribution in [0.1, 0.15) is 18.1 Å². The second-order valence-electron chi connectivity index (χ2n) is 6.78. The highest BCUT2D eigenvalue weighted by Crippen LogP contribution is 2.32. The van der Waals surface area contributed by atoms with Crippen molar-refractivity contribution in [2.75, 3.05) is 20.2 Å². The average Bonchev–Trinajstić information content (AvgIpc) is 3.33. The minimum absolute atomic E-state index is 0.0320. The Balaban J connectivity index is 1.53. The Morgan fingerprint density at radius 2 is 1.94 bits per heavy atom. The zero-order chi connectivity index (χ0) is 22.8. The highest BCUT2D eigenvalue weighted by molar-refractivity contribution is 5.79. The van der Waals surface area contributed by atoms with Crippen molar-refractivity contribution in [3.63, 3.8) is 0 Å². The van der Waals surface area contributed by atoms with Gasteiger partial charge in [0.05, 0.1) is 12.3 Å². The van der Waals surface area contributed by atoms with E-state index in [1.165, 1.54) is 5.56 Å². The van der Waals surface area contributed by atoms with Crippen LogP contribution < -0.4 is 20.1 Å². The summed E-state index contributed by atoms with van der Waals surface area (Å²) in [5.74, 6) is 0.876. The maximum atomic E-state index is 12.9. The lowest BCUT2D eigenvalue weighted by molar-refractivity contribution is -0.0520. The molecule has 0 atom stereocenters. The Hall–Kier alpha value is -3.62. The molecule has 170 valence electrons. The van der Waals surface area contributed by atoms with Gasteiger partial charge in [-0.3, -0.25) is 4.99 Å². The molecule has 0 aliphatic rings. The van der Waals surface area contributed by atoms with Crippen molar-refractivity contribution in [1.82, 2.24) is 20.4 Å². The standard InChI is InChI=1S/C23H27F2N5O2/c1-3-31-20-7-4-6-18(21(20)32-22(24)25)16-28-23(26-2)27-14-12-17-8-10-19(11-9-17)30-15-5-13-29-30/h4-11,13,15,22H,3,12,14,16H2,1-2H3,(H2,26,27,28). The van der Waals surface area contributed by atoms with Crippen LogP contribution in [0.2, 0.25) is 0 Å². The van der Waals surface area contributed by atoms with Crippen molar-refractivity contribution in [1.29, 1.82) is 0 Å². The summed E-state index contributed by atoms with van der Waals surface area (Å²) in [6.07, 6.45) is 4.43. The molecule has 0 saturated carbocycles. The van der Waals surface area contributed by atoms with E-state index in [9.17, 15) is 8.78 Å². The number of nitrogens with one attached hydrogen (secondary N) is 2. The number of alkyl halides is 2. The van der Waals surface area contributed by atoms with Gasteiger partial charge in [-0.15, -0.1) is 0 Å².